The predicted molar refractivity (Wildman–Crippen MR) is 80.6 cm³/mol. The highest BCUT2D eigenvalue weighted by molar-refractivity contribution is 7.09. The van der Waals surface area contributed by atoms with Crippen molar-refractivity contribution < 1.29 is 14.7 Å². The summed E-state index contributed by atoms with van der Waals surface area (Å²) in [7, 11) is 0. The fourth-order valence-corrected chi connectivity index (χ4v) is 2.65. The largest absolute Gasteiger partial charge is 0.478 e. The number of hydrogen-bond acceptors (Lipinski definition) is 4. The quantitative estimate of drug-likeness (QED) is 0.858. The Morgan fingerprint density at radius 2 is 2.14 bits per heavy atom. The van der Waals surface area contributed by atoms with Gasteiger partial charge in [0.2, 0.25) is 5.91 Å². The minimum absolute atomic E-state index is 0.0626. The van der Waals surface area contributed by atoms with E-state index in [-0.39, 0.29) is 23.8 Å². The molecule has 1 atom stereocenters. The van der Waals surface area contributed by atoms with Gasteiger partial charge < -0.3 is 10.4 Å². The predicted octanol–water partition coefficient (Wildman–Crippen LogP) is 2.30. The van der Waals surface area contributed by atoms with Crippen molar-refractivity contribution in [2.75, 3.05) is 6.54 Å². The van der Waals surface area contributed by atoms with Crippen molar-refractivity contribution >= 4 is 23.2 Å². The molecule has 2 N–H and O–H groups in total. The Bertz CT molecular complexity index is 626. The van der Waals surface area contributed by atoms with E-state index in [1.807, 2.05) is 12.3 Å². The van der Waals surface area contributed by atoms with Crippen molar-refractivity contribution in [1.29, 1.82) is 0 Å². The molecule has 6 heteroatoms. The van der Waals surface area contributed by atoms with Crippen LogP contribution in [0.3, 0.4) is 0 Å². The van der Waals surface area contributed by atoms with E-state index in [4.69, 9.17) is 5.11 Å². The van der Waals surface area contributed by atoms with Gasteiger partial charge in [0.1, 0.15) is 0 Å². The highest BCUT2D eigenvalue weighted by Gasteiger charge is 2.14. The minimum atomic E-state index is -1.02. The maximum Gasteiger partial charge on any atom is 0.335 e. The fourth-order valence-electron chi connectivity index (χ4n) is 1.95. The number of carbonyl (C=O) groups is 2. The van der Waals surface area contributed by atoms with E-state index in [1.54, 1.807) is 35.7 Å². The first-order chi connectivity index (χ1) is 10.1. The number of carbonyl (C=O) groups excluding carboxylic acids is 1. The molecule has 5 nitrogen and oxygen atoms in total. The Kier molecular flexibility index (Phi) is 5.05. The molecule has 1 heterocycles. The third-order valence-corrected chi connectivity index (χ3v) is 4.08. The summed E-state index contributed by atoms with van der Waals surface area (Å²) in [5.74, 6) is -1.06. The van der Waals surface area contributed by atoms with E-state index in [1.165, 1.54) is 6.07 Å². The number of hydrogen-bond donors (Lipinski definition) is 2. The second-order valence-electron chi connectivity index (χ2n) is 4.71. The number of rotatable bonds is 6. The molecule has 1 aromatic heterocycles. The number of amides is 1. The first kappa shape index (κ1) is 15.2. The second kappa shape index (κ2) is 6.99. The minimum Gasteiger partial charge on any atom is -0.478 e. The Hall–Kier alpha value is -2.21. The molecule has 0 saturated carbocycles. The maximum atomic E-state index is 11.9. The molecule has 0 saturated heterocycles. The zero-order valence-electron chi connectivity index (χ0n) is 11.6. The van der Waals surface area contributed by atoms with E-state index >= 15 is 0 Å². The summed E-state index contributed by atoms with van der Waals surface area (Å²) in [6.07, 6.45) is 1.80. The van der Waals surface area contributed by atoms with Crippen LogP contribution in [-0.4, -0.2) is 28.5 Å². The van der Waals surface area contributed by atoms with Crippen molar-refractivity contribution in [3.05, 3.63) is 52.0 Å². The van der Waals surface area contributed by atoms with Gasteiger partial charge in [-0.05, 0) is 11.6 Å². The van der Waals surface area contributed by atoms with Gasteiger partial charge in [-0.2, -0.15) is 0 Å². The number of aromatic nitrogens is 1. The van der Waals surface area contributed by atoms with Crippen LogP contribution >= 0.6 is 11.3 Å². The number of benzene rings is 1. The van der Waals surface area contributed by atoms with Crippen molar-refractivity contribution in [3.8, 4) is 0 Å². The van der Waals surface area contributed by atoms with Gasteiger partial charge in [0.25, 0.3) is 0 Å². The number of carboxylic acid groups (broad SMARTS) is 1. The number of aromatic carboxylic acids is 1. The van der Waals surface area contributed by atoms with Crippen LogP contribution < -0.4 is 5.32 Å². The van der Waals surface area contributed by atoms with E-state index in [2.05, 4.69) is 10.3 Å². The van der Waals surface area contributed by atoms with E-state index in [0.717, 1.165) is 5.01 Å². The van der Waals surface area contributed by atoms with Gasteiger partial charge in [0.05, 0.1) is 17.0 Å². The average Bonchev–Trinajstić information content (AvgIpc) is 2.99. The number of nitrogens with zero attached hydrogens (tertiary/aromatic N) is 1. The Morgan fingerprint density at radius 1 is 1.38 bits per heavy atom. The van der Waals surface area contributed by atoms with Crippen LogP contribution in [0.15, 0.2) is 35.8 Å². The number of carboxylic acids is 1. The summed E-state index contributed by atoms with van der Waals surface area (Å²) in [6, 6.07) is 6.54. The van der Waals surface area contributed by atoms with Gasteiger partial charge in [-0.3, -0.25) is 4.79 Å². The normalized spacial score (nSPS) is 11.9. The van der Waals surface area contributed by atoms with Crippen LogP contribution in [0.25, 0.3) is 0 Å². The lowest BCUT2D eigenvalue weighted by atomic mass is 10.0. The van der Waals surface area contributed by atoms with Gasteiger partial charge >= 0.3 is 5.97 Å². The summed E-state index contributed by atoms with van der Waals surface area (Å²) < 4.78 is 0. The highest BCUT2D eigenvalue weighted by Crippen LogP contribution is 2.16. The van der Waals surface area contributed by atoms with Crippen molar-refractivity contribution in [2.45, 2.75) is 19.3 Å². The fraction of sp³-hybridized carbons (Fsp3) is 0.267. The lowest BCUT2D eigenvalue weighted by Crippen LogP contribution is -2.29. The van der Waals surface area contributed by atoms with Crippen molar-refractivity contribution in [1.82, 2.24) is 10.3 Å². The van der Waals surface area contributed by atoms with Crippen LogP contribution in [-0.2, 0) is 11.2 Å². The van der Waals surface area contributed by atoms with Gasteiger partial charge in [0, 0.05) is 24.0 Å². The molecular formula is C15H16N2O3S. The molecule has 0 aliphatic carbocycles. The third-order valence-electron chi connectivity index (χ3n) is 3.08. The monoisotopic (exact) mass is 304 g/mol. The van der Waals surface area contributed by atoms with Crippen LogP contribution in [0.5, 0.6) is 0 Å². The molecule has 0 aliphatic heterocycles. The highest BCUT2D eigenvalue weighted by atomic mass is 32.1. The van der Waals surface area contributed by atoms with Crippen molar-refractivity contribution in [2.24, 2.45) is 0 Å². The number of thiazole rings is 1. The van der Waals surface area contributed by atoms with E-state index in [0.29, 0.717) is 12.1 Å². The lowest BCUT2D eigenvalue weighted by molar-refractivity contribution is -0.120. The van der Waals surface area contributed by atoms with Crippen LogP contribution in [0.4, 0.5) is 0 Å². The molecule has 0 aliphatic rings. The molecule has 0 fully saturated rings. The lowest BCUT2D eigenvalue weighted by Gasteiger charge is -2.11. The SMILES string of the molecule is CC(CNC(=O)Cc1ccccc1C(=O)O)c1nccs1. The van der Waals surface area contributed by atoms with Gasteiger partial charge in [0.15, 0.2) is 0 Å². The first-order valence-corrected chi connectivity index (χ1v) is 7.43. The summed E-state index contributed by atoms with van der Waals surface area (Å²) >= 11 is 1.55. The molecule has 2 aromatic rings. The standard InChI is InChI=1S/C15H16N2O3S/c1-10(14-16-6-7-21-14)9-17-13(18)8-11-4-2-3-5-12(11)15(19)20/h2-7,10H,8-9H2,1H3,(H,17,18)(H,19,20). The van der Waals surface area contributed by atoms with Gasteiger partial charge in [-0.1, -0.05) is 25.1 Å². The molecule has 0 radical (unpaired) electrons. The molecule has 2 rings (SSSR count). The summed E-state index contributed by atoms with van der Waals surface area (Å²) in [4.78, 5) is 27.2. The van der Waals surface area contributed by atoms with Gasteiger partial charge in [-0.15, -0.1) is 11.3 Å². The summed E-state index contributed by atoms with van der Waals surface area (Å²) in [5, 5.41) is 14.8. The summed E-state index contributed by atoms with van der Waals surface area (Å²) in [6.45, 7) is 2.48. The van der Waals surface area contributed by atoms with E-state index < -0.39 is 5.97 Å². The molecule has 0 bridgehead atoms. The van der Waals surface area contributed by atoms with Crippen molar-refractivity contribution in [3.63, 3.8) is 0 Å². The molecule has 110 valence electrons. The van der Waals surface area contributed by atoms with Crippen LogP contribution in [0, 0.1) is 0 Å². The molecule has 1 amide bonds. The second-order valence-corrected chi connectivity index (χ2v) is 5.64. The molecule has 1 aromatic carbocycles. The first-order valence-electron chi connectivity index (χ1n) is 6.55. The Balaban J connectivity index is 1.92. The van der Waals surface area contributed by atoms with E-state index in [9.17, 15) is 9.59 Å². The molecule has 0 spiro atoms. The average molecular weight is 304 g/mol. The molecular weight excluding hydrogens is 288 g/mol. The maximum absolute atomic E-state index is 11.9. The zero-order valence-corrected chi connectivity index (χ0v) is 12.4. The Labute approximate surface area is 126 Å². The molecule has 21 heavy (non-hydrogen) atoms. The molecule has 1 unspecified atom stereocenters. The van der Waals surface area contributed by atoms with Crippen LogP contribution in [0.1, 0.15) is 33.8 Å². The number of nitrogens with one attached hydrogen (secondary N) is 1. The third kappa shape index (κ3) is 4.13. The zero-order chi connectivity index (χ0) is 15.2. The smallest absolute Gasteiger partial charge is 0.335 e. The van der Waals surface area contributed by atoms with Gasteiger partial charge in [-0.25, -0.2) is 9.78 Å². The Morgan fingerprint density at radius 3 is 2.81 bits per heavy atom. The topological polar surface area (TPSA) is 79.3 Å². The van der Waals surface area contributed by atoms with Crippen LogP contribution in [0.2, 0.25) is 0 Å². The summed E-state index contributed by atoms with van der Waals surface area (Å²) in [5.41, 5.74) is 0.685.